The molecule has 1 aromatic heterocycles. The van der Waals surface area contributed by atoms with Gasteiger partial charge in [-0.3, -0.25) is 10.6 Å². The van der Waals surface area contributed by atoms with Gasteiger partial charge in [0, 0.05) is 4.88 Å². The van der Waals surface area contributed by atoms with Gasteiger partial charge in [0.25, 0.3) is 0 Å². The lowest BCUT2D eigenvalue weighted by molar-refractivity contribution is 0.0621. The van der Waals surface area contributed by atoms with Gasteiger partial charge < -0.3 is 9.47 Å². The topological polar surface area (TPSA) is 100 Å². The molecule has 0 aliphatic rings. The van der Waals surface area contributed by atoms with E-state index in [1.165, 1.54) is 11.3 Å². The molecular formula is C16H23N3O4S. The number of hydrogen-bond donors (Lipinski definition) is 2. The number of carbonyl (C=O) groups is 2. The molecule has 0 aromatic carbocycles. The summed E-state index contributed by atoms with van der Waals surface area (Å²) in [6, 6.07) is 2.02. The van der Waals surface area contributed by atoms with Crippen molar-refractivity contribution >= 4 is 34.2 Å². The Bertz CT molecular complexity index is 675. The lowest BCUT2D eigenvalue weighted by Gasteiger charge is -2.21. The molecule has 1 aromatic rings. The molecule has 24 heavy (non-hydrogen) atoms. The number of thiophene rings is 1. The summed E-state index contributed by atoms with van der Waals surface area (Å²) in [6.07, 6.45) is -1.37. The highest BCUT2D eigenvalue weighted by atomic mass is 32.1. The second-order valence-electron chi connectivity index (χ2n) is 7.10. The zero-order valence-electron chi connectivity index (χ0n) is 15.0. The van der Waals surface area contributed by atoms with Crippen molar-refractivity contribution < 1.29 is 19.1 Å². The van der Waals surface area contributed by atoms with Crippen LogP contribution in [0.1, 0.15) is 52.0 Å². The Morgan fingerprint density at radius 2 is 1.46 bits per heavy atom. The Morgan fingerprint density at radius 1 is 1.00 bits per heavy atom. The van der Waals surface area contributed by atoms with Crippen LogP contribution < -0.4 is 10.6 Å². The fraction of sp³-hybridized carbons (Fsp3) is 0.562. The summed E-state index contributed by atoms with van der Waals surface area (Å²) >= 11 is 1.18. The minimum absolute atomic E-state index is 0.208. The first-order valence-corrected chi connectivity index (χ1v) is 8.17. The third-order valence-corrected chi connectivity index (χ3v) is 3.46. The highest BCUT2D eigenvalue weighted by molar-refractivity contribution is 7.17. The van der Waals surface area contributed by atoms with Crippen molar-refractivity contribution in [2.24, 2.45) is 0 Å². The fourth-order valence-electron chi connectivity index (χ4n) is 1.69. The molecule has 2 N–H and O–H groups in total. The number of amides is 2. The maximum absolute atomic E-state index is 12.0. The number of carbonyl (C=O) groups excluding carboxylic acids is 2. The molecule has 2 amide bonds. The average molecular weight is 353 g/mol. The SMILES string of the molecule is Cc1sc(NC(=O)OC(C)(C)C)c(NC(=O)OC(C)(C)C)c1C#N. The largest absolute Gasteiger partial charge is 0.444 e. The number of nitrogens with zero attached hydrogens (tertiary/aromatic N) is 1. The third kappa shape index (κ3) is 6.08. The number of rotatable bonds is 2. The van der Waals surface area contributed by atoms with Crippen LogP contribution in [0.15, 0.2) is 0 Å². The van der Waals surface area contributed by atoms with E-state index in [9.17, 15) is 14.9 Å². The van der Waals surface area contributed by atoms with Gasteiger partial charge >= 0.3 is 12.2 Å². The number of anilines is 2. The van der Waals surface area contributed by atoms with Crippen molar-refractivity contribution in [1.29, 1.82) is 5.26 Å². The van der Waals surface area contributed by atoms with E-state index >= 15 is 0 Å². The summed E-state index contributed by atoms with van der Waals surface area (Å²) in [7, 11) is 0. The molecule has 132 valence electrons. The van der Waals surface area contributed by atoms with Crippen molar-refractivity contribution in [1.82, 2.24) is 0 Å². The lowest BCUT2D eigenvalue weighted by atomic mass is 10.2. The normalized spacial score (nSPS) is 11.4. The number of ether oxygens (including phenoxy) is 2. The smallest absolute Gasteiger partial charge is 0.412 e. The molecule has 8 heteroatoms. The van der Waals surface area contributed by atoms with Gasteiger partial charge in [-0.2, -0.15) is 5.26 Å². The maximum Gasteiger partial charge on any atom is 0.412 e. The second kappa shape index (κ2) is 7.09. The quantitative estimate of drug-likeness (QED) is 0.808. The van der Waals surface area contributed by atoms with Gasteiger partial charge in [-0.15, -0.1) is 11.3 Å². The molecule has 0 aliphatic heterocycles. The van der Waals surface area contributed by atoms with Crippen LogP contribution in [0.4, 0.5) is 20.3 Å². The lowest BCUT2D eigenvalue weighted by Crippen LogP contribution is -2.29. The molecule has 7 nitrogen and oxygen atoms in total. The number of aryl methyl sites for hydroxylation is 1. The van der Waals surface area contributed by atoms with E-state index in [4.69, 9.17) is 9.47 Å². The van der Waals surface area contributed by atoms with E-state index in [0.717, 1.165) is 0 Å². The van der Waals surface area contributed by atoms with Crippen LogP contribution >= 0.6 is 11.3 Å². The zero-order valence-corrected chi connectivity index (χ0v) is 15.8. The predicted molar refractivity (Wildman–Crippen MR) is 93.5 cm³/mol. The van der Waals surface area contributed by atoms with Crippen LogP contribution in [0.2, 0.25) is 0 Å². The summed E-state index contributed by atoms with van der Waals surface area (Å²) in [5, 5.41) is 14.7. The van der Waals surface area contributed by atoms with Crippen LogP contribution in [0, 0.1) is 18.3 Å². The molecule has 0 bridgehead atoms. The van der Waals surface area contributed by atoms with Gasteiger partial charge in [0.05, 0.1) is 11.3 Å². The fourth-order valence-corrected chi connectivity index (χ4v) is 2.63. The van der Waals surface area contributed by atoms with Gasteiger partial charge in [0.1, 0.15) is 22.3 Å². The highest BCUT2D eigenvalue weighted by Crippen LogP contribution is 2.37. The first-order chi connectivity index (χ1) is 10.8. The zero-order chi connectivity index (χ0) is 18.7. The predicted octanol–water partition coefficient (Wildman–Crippen LogP) is 4.62. The van der Waals surface area contributed by atoms with Crippen molar-refractivity contribution in [3.63, 3.8) is 0 Å². The van der Waals surface area contributed by atoms with E-state index in [-0.39, 0.29) is 11.3 Å². The van der Waals surface area contributed by atoms with E-state index < -0.39 is 23.4 Å². The minimum Gasteiger partial charge on any atom is -0.444 e. The summed E-state index contributed by atoms with van der Waals surface area (Å²) in [6.45, 7) is 12.2. The van der Waals surface area contributed by atoms with Crippen molar-refractivity contribution in [2.75, 3.05) is 10.6 Å². The number of nitriles is 1. The highest BCUT2D eigenvalue weighted by Gasteiger charge is 2.24. The number of nitrogens with one attached hydrogen (secondary N) is 2. The van der Waals surface area contributed by atoms with Crippen molar-refractivity contribution in [3.8, 4) is 6.07 Å². The van der Waals surface area contributed by atoms with Crippen LogP contribution in [0.25, 0.3) is 0 Å². The van der Waals surface area contributed by atoms with Crippen LogP contribution in [-0.4, -0.2) is 23.4 Å². The Labute approximate surface area is 145 Å². The molecule has 0 spiro atoms. The first-order valence-electron chi connectivity index (χ1n) is 7.36. The Kier molecular flexibility index (Phi) is 5.84. The van der Waals surface area contributed by atoms with Gasteiger partial charge in [-0.1, -0.05) is 0 Å². The van der Waals surface area contributed by atoms with Gasteiger partial charge in [-0.25, -0.2) is 9.59 Å². The summed E-state index contributed by atoms with van der Waals surface area (Å²) < 4.78 is 10.4. The molecule has 1 heterocycles. The van der Waals surface area contributed by atoms with Gasteiger partial charge in [0.2, 0.25) is 0 Å². The molecule has 0 unspecified atom stereocenters. The first kappa shape index (κ1) is 19.8. The average Bonchev–Trinajstić information content (AvgIpc) is 2.59. The van der Waals surface area contributed by atoms with E-state index in [0.29, 0.717) is 9.88 Å². The van der Waals surface area contributed by atoms with Gasteiger partial charge in [-0.05, 0) is 48.5 Å². The van der Waals surface area contributed by atoms with Crippen LogP contribution in [-0.2, 0) is 9.47 Å². The second-order valence-corrected chi connectivity index (χ2v) is 8.33. The third-order valence-electron chi connectivity index (χ3n) is 2.44. The summed E-state index contributed by atoms with van der Waals surface area (Å²) in [5.41, 5.74) is -0.856. The van der Waals surface area contributed by atoms with Gasteiger partial charge in [0.15, 0.2) is 0 Å². The monoisotopic (exact) mass is 353 g/mol. The van der Waals surface area contributed by atoms with E-state index in [1.54, 1.807) is 48.5 Å². The Hall–Kier alpha value is -2.27. The van der Waals surface area contributed by atoms with Crippen LogP contribution in [0.5, 0.6) is 0 Å². The molecule has 0 saturated carbocycles. The van der Waals surface area contributed by atoms with Crippen LogP contribution in [0.3, 0.4) is 0 Å². The molecule has 0 aliphatic carbocycles. The molecule has 0 atom stereocenters. The molecule has 0 saturated heterocycles. The molecular weight excluding hydrogens is 330 g/mol. The van der Waals surface area contributed by atoms with Crippen molar-refractivity contribution in [3.05, 3.63) is 10.4 Å². The Balaban J connectivity index is 3.04. The van der Waals surface area contributed by atoms with Crippen molar-refractivity contribution in [2.45, 2.75) is 59.7 Å². The molecule has 1 rings (SSSR count). The Morgan fingerprint density at radius 3 is 1.88 bits per heavy atom. The minimum atomic E-state index is -0.705. The maximum atomic E-state index is 12.0. The number of hydrogen-bond acceptors (Lipinski definition) is 6. The summed E-state index contributed by atoms with van der Waals surface area (Å²) in [5.74, 6) is 0. The molecule has 0 radical (unpaired) electrons. The van der Waals surface area contributed by atoms with E-state index in [2.05, 4.69) is 10.6 Å². The standard InChI is InChI=1S/C16H23N3O4S/c1-9-10(8-17)11(18-13(20)22-15(2,3)4)12(24-9)19-14(21)23-16(5,6)7/h1-7H3,(H,18,20)(H,19,21). The van der Waals surface area contributed by atoms with E-state index in [1.807, 2.05) is 6.07 Å². The molecule has 0 fully saturated rings. The summed E-state index contributed by atoms with van der Waals surface area (Å²) in [4.78, 5) is 24.6.